The molecule has 9 nitrogen and oxygen atoms in total. The van der Waals surface area contributed by atoms with Gasteiger partial charge in [0.2, 0.25) is 11.8 Å². The van der Waals surface area contributed by atoms with Crippen LogP contribution in [0.5, 0.6) is 0 Å². The zero-order valence-electron chi connectivity index (χ0n) is 22.9. The average Bonchev–Trinajstić information content (AvgIpc) is 3.29. The Bertz CT molecular complexity index is 1180. The molecule has 1 aliphatic heterocycles. The number of likely N-dealkylation sites (tertiary alicyclic amines) is 1. The molecule has 0 spiro atoms. The summed E-state index contributed by atoms with van der Waals surface area (Å²) in [6, 6.07) is 6.46. The molecule has 2 aromatic rings. The topological polar surface area (TPSA) is 121 Å². The van der Waals surface area contributed by atoms with E-state index in [0.29, 0.717) is 0 Å². The van der Waals surface area contributed by atoms with Gasteiger partial charge in [0, 0.05) is 13.0 Å². The van der Waals surface area contributed by atoms with Crippen LogP contribution in [-0.2, 0) is 19.9 Å². The minimum atomic E-state index is -0.886. The molecule has 4 rings (SSSR count). The molecule has 1 aromatic heterocycles. The Labute approximate surface area is 228 Å². The van der Waals surface area contributed by atoms with Gasteiger partial charge in [-0.3, -0.25) is 9.59 Å². The maximum atomic E-state index is 13.5. The fourth-order valence-electron chi connectivity index (χ4n) is 4.88. The second kappa shape index (κ2) is 10.6. The molecule has 1 saturated carbocycles. The fourth-order valence-corrected chi connectivity index (χ4v) is 5.69. The SMILES string of the molecule is Cc1ncsc1-c1ccc(C2(NC(=O)[C@@H]3C[C@@H](O)CN3C(=O)[C@@H](NC(=O)OC(C)(C)C)C(C)C)CC2)cc1. The van der Waals surface area contributed by atoms with E-state index in [1.807, 2.05) is 50.5 Å². The maximum absolute atomic E-state index is 13.5. The predicted octanol–water partition coefficient (Wildman–Crippen LogP) is 3.73. The smallest absolute Gasteiger partial charge is 0.408 e. The molecule has 10 heteroatoms. The zero-order valence-corrected chi connectivity index (χ0v) is 23.7. The number of aliphatic hydroxyl groups excluding tert-OH is 1. The van der Waals surface area contributed by atoms with Gasteiger partial charge in [0.1, 0.15) is 17.7 Å². The van der Waals surface area contributed by atoms with Gasteiger partial charge in [0.15, 0.2) is 0 Å². The Morgan fingerprint density at radius 2 is 1.84 bits per heavy atom. The van der Waals surface area contributed by atoms with Crippen molar-refractivity contribution in [1.82, 2.24) is 20.5 Å². The average molecular weight is 543 g/mol. The number of nitrogens with zero attached hydrogens (tertiary/aromatic N) is 2. The Balaban J connectivity index is 1.46. The minimum absolute atomic E-state index is 0.0338. The summed E-state index contributed by atoms with van der Waals surface area (Å²) in [5.74, 6) is -0.946. The number of carbonyl (C=O) groups is 3. The molecule has 1 saturated heterocycles. The van der Waals surface area contributed by atoms with Crippen molar-refractivity contribution in [2.45, 2.75) is 90.1 Å². The first-order valence-corrected chi connectivity index (χ1v) is 14.0. The number of carbonyl (C=O) groups excluding carboxylic acids is 3. The van der Waals surface area contributed by atoms with Crippen LogP contribution in [0.2, 0.25) is 0 Å². The van der Waals surface area contributed by atoms with E-state index in [2.05, 4.69) is 15.6 Å². The highest BCUT2D eigenvalue weighted by atomic mass is 32.1. The third-order valence-corrected chi connectivity index (χ3v) is 8.00. The van der Waals surface area contributed by atoms with E-state index in [0.717, 1.165) is 34.5 Å². The van der Waals surface area contributed by atoms with Gasteiger partial charge in [-0.1, -0.05) is 38.1 Å². The van der Waals surface area contributed by atoms with Crippen molar-refractivity contribution in [3.8, 4) is 10.4 Å². The van der Waals surface area contributed by atoms with Crippen molar-refractivity contribution in [3.05, 3.63) is 41.0 Å². The van der Waals surface area contributed by atoms with E-state index < -0.39 is 41.3 Å². The van der Waals surface area contributed by atoms with Crippen LogP contribution < -0.4 is 10.6 Å². The molecular weight excluding hydrogens is 504 g/mol. The molecule has 206 valence electrons. The number of aryl methyl sites for hydroxylation is 1. The molecule has 0 bridgehead atoms. The maximum Gasteiger partial charge on any atom is 0.408 e. The lowest BCUT2D eigenvalue weighted by Crippen LogP contribution is -2.56. The summed E-state index contributed by atoms with van der Waals surface area (Å²) >= 11 is 1.60. The number of alkyl carbamates (subject to hydrolysis) is 1. The number of benzene rings is 1. The summed E-state index contributed by atoms with van der Waals surface area (Å²) in [6.07, 6.45) is 0.236. The Morgan fingerprint density at radius 3 is 2.37 bits per heavy atom. The number of β-amino-alcohol motifs (C(OH)–C–C–N with tert-alkyl or cyclic N) is 1. The van der Waals surface area contributed by atoms with E-state index in [4.69, 9.17) is 4.74 Å². The quantitative estimate of drug-likeness (QED) is 0.490. The van der Waals surface area contributed by atoms with Gasteiger partial charge in [-0.25, -0.2) is 9.78 Å². The van der Waals surface area contributed by atoms with E-state index in [1.165, 1.54) is 4.90 Å². The molecular formula is C28H38N4O5S. The molecule has 2 heterocycles. The lowest BCUT2D eigenvalue weighted by molar-refractivity contribution is -0.141. The highest BCUT2D eigenvalue weighted by Gasteiger charge is 2.49. The first-order chi connectivity index (χ1) is 17.8. The molecule has 2 fully saturated rings. The molecule has 3 atom stereocenters. The molecule has 3 N–H and O–H groups in total. The summed E-state index contributed by atoms with van der Waals surface area (Å²) in [5, 5.41) is 16.2. The van der Waals surface area contributed by atoms with E-state index >= 15 is 0 Å². The van der Waals surface area contributed by atoms with Crippen LogP contribution in [0.15, 0.2) is 29.8 Å². The van der Waals surface area contributed by atoms with Crippen molar-refractivity contribution < 1.29 is 24.2 Å². The number of rotatable bonds is 7. The normalized spacial score (nSPS) is 21.2. The number of hydrogen-bond donors (Lipinski definition) is 3. The van der Waals surface area contributed by atoms with Crippen LogP contribution in [0.3, 0.4) is 0 Å². The fraction of sp³-hybridized carbons (Fsp3) is 0.571. The van der Waals surface area contributed by atoms with E-state index in [9.17, 15) is 19.5 Å². The number of nitrogens with one attached hydrogen (secondary N) is 2. The molecule has 0 unspecified atom stereocenters. The van der Waals surface area contributed by atoms with Gasteiger partial charge in [-0.2, -0.15) is 0 Å². The summed E-state index contributed by atoms with van der Waals surface area (Å²) < 4.78 is 5.34. The zero-order chi connectivity index (χ0) is 27.8. The standard InChI is InChI=1S/C28H38N4O5S/c1-16(2)22(30-26(36)37-27(4,5)6)25(35)32-14-20(33)13-21(32)24(34)31-28(11-12-28)19-9-7-18(8-10-19)23-17(3)29-15-38-23/h7-10,15-16,20-22,33H,11-14H2,1-6H3,(H,30,36)(H,31,34)/t20-,21+,22+/m1/s1. The monoisotopic (exact) mass is 542 g/mol. The molecule has 0 radical (unpaired) electrons. The van der Waals surface area contributed by atoms with Gasteiger partial charge in [-0.15, -0.1) is 11.3 Å². The largest absolute Gasteiger partial charge is 0.444 e. The van der Waals surface area contributed by atoms with Crippen molar-refractivity contribution >= 4 is 29.2 Å². The molecule has 1 aromatic carbocycles. The van der Waals surface area contributed by atoms with Gasteiger partial charge in [0.05, 0.1) is 27.7 Å². The number of ether oxygens (including phenoxy) is 1. The van der Waals surface area contributed by atoms with Crippen LogP contribution >= 0.6 is 11.3 Å². The third-order valence-electron chi connectivity index (χ3n) is 7.03. The van der Waals surface area contributed by atoms with Crippen molar-refractivity contribution in [2.75, 3.05) is 6.54 Å². The summed E-state index contributed by atoms with van der Waals surface area (Å²) in [6.45, 7) is 10.9. The second-order valence-corrected chi connectivity index (χ2v) is 12.5. The van der Waals surface area contributed by atoms with Gasteiger partial charge in [-0.05, 0) is 57.6 Å². The minimum Gasteiger partial charge on any atom is -0.444 e. The predicted molar refractivity (Wildman–Crippen MR) is 145 cm³/mol. The van der Waals surface area contributed by atoms with Crippen molar-refractivity contribution in [3.63, 3.8) is 0 Å². The first kappa shape index (κ1) is 28.0. The summed E-state index contributed by atoms with van der Waals surface area (Å²) in [4.78, 5) is 46.3. The number of amides is 3. The van der Waals surface area contributed by atoms with Crippen LogP contribution in [0.1, 0.15) is 65.1 Å². The Hall–Kier alpha value is -2.98. The number of aromatic nitrogens is 1. The van der Waals surface area contributed by atoms with Crippen LogP contribution in [0.4, 0.5) is 4.79 Å². The van der Waals surface area contributed by atoms with Crippen molar-refractivity contribution in [2.24, 2.45) is 5.92 Å². The highest BCUT2D eigenvalue weighted by Crippen LogP contribution is 2.46. The number of hydrogen-bond acceptors (Lipinski definition) is 7. The lowest BCUT2D eigenvalue weighted by Gasteiger charge is -2.32. The van der Waals surface area contributed by atoms with Crippen LogP contribution in [-0.4, -0.2) is 63.2 Å². The Morgan fingerprint density at radius 1 is 1.18 bits per heavy atom. The summed E-state index contributed by atoms with van der Waals surface area (Å²) in [7, 11) is 0. The van der Waals surface area contributed by atoms with Crippen LogP contribution in [0, 0.1) is 12.8 Å². The van der Waals surface area contributed by atoms with Crippen molar-refractivity contribution in [1.29, 1.82) is 0 Å². The Kier molecular flexibility index (Phi) is 7.86. The summed E-state index contributed by atoms with van der Waals surface area (Å²) in [5.41, 5.74) is 3.73. The van der Waals surface area contributed by atoms with Gasteiger partial charge >= 0.3 is 6.09 Å². The van der Waals surface area contributed by atoms with Gasteiger partial charge in [0.25, 0.3) is 0 Å². The first-order valence-electron chi connectivity index (χ1n) is 13.1. The molecule has 2 aliphatic rings. The third kappa shape index (κ3) is 6.18. The van der Waals surface area contributed by atoms with Gasteiger partial charge < -0.3 is 25.4 Å². The van der Waals surface area contributed by atoms with E-state index in [1.54, 1.807) is 32.1 Å². The van der Waals surface area contributed by atoms with Crippen LogP contribution in [0.25, 0.3) is 10.4 Å². The van der Waals surface area contributed by atoms with E-state index in [-0.39, 0.29) is 24.8 Å². The number of thiazole rings is 1. The molecule has 3 amide bonds. The molecule has 1 aliphatic carbocycles. The second-order valence-electron chi connectivity index (χ2n) is 11.7. The number of aliphatic hydroxyl groups is 1. The highest BCUT2D eigenvalue weighted by molar-refractivity contribution is 7.13. The molecule has 38 heavy (non-hydrogen) atoms. The lowest BCUT2D eigenvalue weighted by atomic mass is 10.0.